The van der Waals surface area contributed by atoms with Crippen molar-refractivity contribution in [2.75, 3.05) is 7.11 Å². The van der Waals surface area contributed by atoms with E-state index >= 15 is 0 Å². The van der Waals surface area contributed by atoms with Crippen LogP contribution in [-0.4, -0.2) is 29.1 Å². The lowest BCUT2D eigenvalue weighted by molar-refractivity contribution is -0.147. The Morgan fingerprint density at radius 3 is 2.42 bits per heavy atom. The highest BCUT2D eigenvalue weighted by Gasteiger charge is 2.55. The SMILES string of the molecule is COc1cc2c(cc1C(C)C)C(=O)C(O)=C1[C@](C)(C(=O)O)CCC[C@@]12C. The van der Waals surface area contributed by atoms with Crippen LogP contribution < -0.4 is 4.74 Å². The molecule has 0 aromatic heterocycles. The van der Waals surface area contributed by atoms with Crippen LogP contribution in [0.25, 0.3) is 0 Å². The molecule has 5 nitrogen and oxygen atoms in total. The monoisotopic (exact) mass is 358 g/mol. The number of allylic oxidation sites excluding steroid dienone is 1. The van der Waals surface area contributed by atoms with E-state index in [1.54, 1.807) is 20.1 Å². The van der Waals surface area contributed by atoms with Crippen molar-refractivity contribution in [1.82, 2.24) is 0 Å². The van der Waals surface area contributed by atoms with E-state index in [9.17, 15) is 19.8 Å². The van der Waals surface area contributed by atoms with Gasteiger partial charge in [-0.05, 0) is 48.9 Å². The van der Waals surface area contributed by atoms with Crippen molar-refractivity contribution in [2.24, 2.45) is 5.41 Å². The largest absolute Gasteiger partial charge is 0.504 e. The number of rotatable bonds is 3. The maximum Gasteiger partial charge on any atom is 0.313 e. The van der Waals surface area contributed by atoms with Gasteiger partial charge in [-0.2, -0.15) is 0 Å². The van der Waals surface area contributed by atoms with Crippen LogP contribution in [-0.2, 0) is 10.2 Å². The van der Waals surface area contributed by atoms with Gasteiger partial charge in [-0.3, -0.25) is 9.59 Å². The molecule has 0 saturated heterocycles. The van der Waals surface area contributed by atoms with Crippen molar-refractivity contribution in [3.8, 4) is 5.75 Å². The van der Waals surface area contributed by atoms with E-state index in [2.05, 4.69) is 0 Å². The van der Waals surface area contributed by atoms with Crippen molar-refractivity contribution >= 4 is 11.8 Å². The minimum absolute atomic E-state index is 0.152. The lowest BCUT2D eigenvalue weighted by atomic mass is 9.54. The molecule has 0 radical (unpaired) electrons. The van der Waals surface area contributed by atoms with E-state index < -0.39 is 28.3 Å². The summed E-state index contributed by atoms with van der Waals surface area (Å²) >= 11 is 0. The summed E-state index contributed by atoms with van der Waals surface area (Å²) in [6.07, 6.45) is 1.79. The second kappa shape index (κ2) is 5.86. The number of carbonyl (C=O) groups excluding carboxylic acids is 1. The Kier molecular flexibility index (Phi) is 4.17. The van der Waals surface area contributed by atoms with Gasteiger partial charge in [-0.15, -0.1) is 0 Å². The van der Waals surface area contributed by atoms with Gasteiger partial charge in [0.25, 0.3) is 0 Å². The second-order valence-corrected chi connectivity index (χ2v) is 8.17. The first-order valence-corrected chi connectivity index (χ1v) is 9.02. The fourth-order valence-corrected chi connectivity index (χ4v) is 4.77. The average Bonchev–Trinajstić information content (AvgIpc) is 2.58. The molecule has 26 heavy (non-hydrogen) atoms. The average molecular weight is 358 g/mol. The quantitative estimate of drug-likeness (QED) is 0.839. The normalized spacial score (nSPS) is 28.0. The number of hydrogen-bond donors (Lipinski definition) is 2. The van der Waals surface area contributed by atoms with Crippen molar-refractivity contribution in [3.05, 3.63) is 40.2 Å². The number of carbonyl (C=O) groups is 2. The van der Waals surface area contributed by atoms with Crippen molar-refractivity contribution in [2.45, 2.75) is 58.3 Å². The molecule has 0 unspecified atom stereocenters. The number of ether oxygens (including phenoxy) is 1. The van der Waals surface area contributed by atoms with Crippen LogP contribution in [0.5, 0.6) is 5.75 Å². The first-order valence-electron chi connectivity index (χ1n) is 9.02. The highest BCUT2D eigenvalue weighted by atomic mass is 16.5. The number of methoxy groups -OCH3 is 1. The van der Waals surface area contributed by atoms with Crippen molar-refractivity contribution in [3.63, 3.8) is 0 Å². The fraction of sp³-hybridized carbons (Fsp3) is 0.524. The maximum absolute atomic E-state index is 13.0. The van der Waals surface area contributed by atoms with E-state index in [1.807, 2.05) is 26.8 Å². The zero-order chi connectivity index (χ0) is 19.4. The third-order valence-electron chi connectivity index (χ3n) is 6.21. The van der Waals surface area contributed by atoms with E-state index in [1.165, 1.54) is 0 Å². The summed E-state index contributed by atoms with van der Waals surface area (Å²) in [6.45, 7) is 7.57. The molecule has 2 atom stereocenters. The molecule has 0 heterocycles. The second-order valence-electron chi connectivity index (χ2n) is 8.17. The first-order chi connectivity index (χ1) is 12.1. The predicted octanol–water partition coefficient (Wildman–Crippen LogP) is 4.36. The van der Waals surface area contributed by atoms with Gasteiger partial charge in [0.05, 0.1) is 12.5 Å². The molecule has 1 saturated carbocycles. The fourth-order valence-electron chi connectivity index (χ4n) is 4.77. The van der Waals surface area contributed by atoms with Gasteiger partial charge in [0.15, 0.2) is 5.76 Å². The van der Waals surface area contributed by atoms with Crippen LogP contribution in [0.2, 0.25) is 0 Å². The standard InChI is InChI=1S/C21H26O5/c1-11(2)12-9-13-14(10-15(12)26-5)20(3)7-6-8-21(4,19(24)25)18(20)17(23)16(13)22/h9-11,23H,6-8H2,1-5H3,(H,24,25)/t20-,21-/m1/s1. The Morgan fingerprint density at radius 2 is 1.88 bits per heavy atom. The highest BCUT2D eigenvalue weighted by Crippen LogP contribution is 2.57. The molecular formula is C21H26O5. The van der Waals surface area contributed by atoms with E-state index in [-0.39, 0.29) is 5.92 Å². The van der Waals surface area contributed by atoms with Crippen LogP contribution in [0, 0.1) is 5.41 Å². The molecule has 2 aliphatic carbocycles. The lowest BCUT2D eigenvalue weighted by Gasteiger charge is -2.48. The summed E-state index contributed by atoms with van der Waals surface area (Å²) in [4.78, 5) is 25.0. The molecule has 0 bridgehead atoms. The molecule has 1 aromatic rings. The van der Waals surface area contributed by atoms with Crippen molar-refractivity contribution < 1.29 is 24.5 Å². The molecule has 0 amide bonds. The molecule has 3 rings (SSSR count). The molecule has 140 valence electrons. The summed E-state index contributed by atoms with van der Waals surface area (Å²) < 4.78 is 5.55. The molecule has 0 aliphatic heterocycles. The minimum atomic E-state index is -1.26. The molecule has 2 aliphatic rings. The molecular weight excluding hydrogens is 332 g/mol. The third kappa shape index (κ3) is 2.29. The number of fused-ring (bicyclic) bond motifs is 3. The molecule has 2 N–H and O–H groups in total. The van der Waals surface area contributed by atoms with Gasteiger partial charge in [-0.25, -0.2) is 0 Å². The number of Topliss-reactive ketones (excluding diaryl/α,β-unsaturated/α-hetero) is 1. The Labute approximate surface area is 153 Å². The van der Waals surface area contributed by atoms with Gasteiger partial charge in [-0.1, -0.05) is 27.2 Å². The van der Waals surface area contributed by atoms with Crippen LogP contribution in [0.4, 0.5) is 0 Å². The van der Waals surface area contributed by atoms with Gasteiger partial charge in [0, 0.05) is 16.6 Å². The zero-order valence-corrected chi connectivity index (χ0v) is 16.0. The summed E-state index contributed by atoms with van der Waals surface area (Å²) in [6, 6.07) is 3.66. The molecule has 5 heteroatoms. The Bertz CT molecular complexity index is 835. The lowest BCUT2D eigenvalue weighted by Crippen LogP contribution is -2.47. The smallest absolute Gasteiger partial charge is 0.313 e. The summed E-state index contributed by atoms with van der Waals surface area (Å²) in [5.74, 6) is -1.06. The highest BCUT2D eigenvalue weighted by molar-refractivity contribution is 6.11. The Balaban J connectivity index is 2.34. The van der Waals surface area contributed by atoms with E-state index in [0.717, 1.165) is 11.1 Å². The summed E-state index contributed by atoms with van der Waals surface area (Å²) in [5, 5.41) is 20.6. The topological polar surface area (TPSA) is 83.8 Å². The van der Waals surface area contributed by atoms with Crippen LogP contribution >= 0.6 is 0 Å². The van der Waals surface area contributed by atoms with Gasteiger partial charge < -0.3 is 14.9 Å². The van der Waals surface area contributed by atoms with Crippen LogP contribution in [0.15, 0.2) is 23.5 Å². The number of benzene rings is 1. The van der Waals surface area contributed by atoms with Crippen LogP contribution in [0.1, 0.15) is 74.4 Å². The van der Waals surface area contributed by atoms with Gasteiger partial charge in [0.2, 0.25) is 5.78 Å². The number of hydrogen-bond acceptors (Lipinski definition) is 4. The molecule has 1 aromatic carbocycles. The van der Waals surface area contributed by atoms with Gasteiger partial charge >= 0.3 is 5.97 Å². The Hall–Kier alpha value is -2.30. The molecule has 0 spiro atoms. The molecule has 1 fully saturated rings. The van der Waals surface area contributed by atoms with Gasteiger partial charge in [0.1, 0.15) is 5.75 Å². The number of aliphatic carboxylic acids is 1. The number of carboxylic acids is 1. The van der Waals surface area contributed by atoms with E-state index in [4.69, 9.17) is 4.74 Å². The maximum atomic E-state index is 13.0. The predicted molar refractivity (Wildman–Crippen MR) is 98.0 cm³/mol. The number of carboxylic acid groups (broad SMARTS) is 1. The number of aliphatic hydroxyl groups is 1. The number of ketones is 1. The zero-order valence-electron chi connectivity index (χ0n) is 16.0. The first kappa shape index (κ1) is 18.5. The third-order valence-corrected chi connectivity index (χ3v) is 6.21. The van der Waals surface area contributed by atoms with E-state index in [0.29, 0.717) is 36.1 Å². The summed E-state index contributed by atoms with van der Waals surface area (Å²) in [7, 11) is 1.59. The summed E-state index contributed by atoms with van der Waals surface area (Å²) in [5.41, 5.74) is 0.476. The minimum Gasteiger partial charge on any atom is -0.504 e. The van der Waals surface area contributed by atoms with Crippen molar-refractivity contribution in [1.29, 1.82) is 0 Å². The number of aliphatic hydroxyl groups excluding tert-OH is 1. The Morgan fingerprint density at radius 1 is 1.23 bits per heavy atom. The van der Waals surface area contributed by atoms with Crippen LogP contribution in [0.3, 0.4) is 0 Å².